The van der Waals surface area contributed by atoms with Crippen molar-refractivity contribution in [2.24, 2.45) is 0 Å². The lowest BCUT2D eigenvalue weighted by Crippen LogP contribution is -2.38. The fourth-order valence-corrected chi connectivity index (χ4v) is 3.98. The molecule has 2 aliphatic carbocycles. The van der Waals surface area contributed by atoms with Crippen molar-refractivity contribution < 1.29 is 4.74 Å². The molecule has 2 fully saturated rings. The van der Waals surface area contributed by atoms with E-state index in [4.69, 9.17) is 9.84 Å². The van der Waals surface area contributed by atoms with Gasteiger partial charge in [0.15, 0.2) is 0 Å². The predicted octanol–water partition coefficient (Wildman–Crippen LogP) is 1.84. The molecule has 0 amide bonds. The quantitative estimate of drug-likeness (QED) is 0.903. The summed E-state index contributed by atoms with van der Waals surface area (Å²) in [5.41, 5.74) is 3.25. The molecule has 7 heteroatoms. The number of hydrogen-bond acceptors (Lipinski definition) is 6. The van der Waals surface area contributed by atoms with Crippen molar-refractivity contribution in [2.45, 2.75) is 56.5 Å². The van der Waals surface area contributed by atoms with E-state index in [0.717, 1.165) is 48.5 Å². The molecule has 1 saturated carbocycles. The molecule has 1 saturated heterocycles. The van der Waals surface area contributed by atoms with E-state index in [1.54, 1.807) is 17.1 Å². The first-order valence-electron chi connectivity index (χ1n) is 9.56. The molecule has 0 aromatic carbocycles. The molecule has 1 aliphatic heterocycles. The highest BCUT2D eigenvalue weighted by atomic mass is 16.5. The van der Waals surface area contributed by atoms with Crippen LogP contribution < -0.4 is 10.9 Å². The fourth-order valence-electron chi connectivity index (χ4n) is 3.98. The molecular weight excluding hydrogens is 330 g/mol. The average Bonchev–Trinajstić information content (AvgIpc) is 3.42. The summed E-state index contributed by atoms with van der Waals surface area (Å²) in [7, 11) is 0. The Bertz CT molecular complexity index is 876. The molecule has 136 valence electrons. The van der Waals surface area contributed by atoms with Crippen LogP contribution in [0.3, 0.4) is 0 Å². The van der Waals surface area contributed by atoms with E-state index in [2.05, 4.69) is 15.3 Å². The van der Waals surface area contributed by atoms with Gasteiger partial charge in [-0.1, -0.05) is 0 Å². The maximum absolute atomic E-state index is 12.6. The Hall–Kier alpha value is -2.28. The van der Waals surface area contributed by atoms with Crippen molar-refractivity contribution in [3.63, 3.8) is 0 Å². The van der Waals surface area contributed by atoms with Crippen molar-refractivity contribution in [2.75, 3.05) is 18.5 Å². The molecule has 7 nitrogen and oxygen atoms in total. The van der Waals surface area contributed by atoms with Crippen LogP contribution in [0.25, 0.3) is 0 Å². The van der Waals surface area contributed by atoms with Gasteiger partial charge in [0.1, 0.15) is 18.2 Å². The summed E-state index contributed by atoms with van der Waals surface area (Å²) in [5.74, 6) is 1.38. The van der Waals surface area contributed by atoms with Gasteiger partial charge in [-0.15, -0.1) is 0 Å². The number of rotatable bonds is 4. The first-order valence-corrected chi connectivity index (χ1v) is 9.56. The molecule has 3 heterocycles. The maximum atomic E-state index is 12.6. The summed E-state index contributed by atoms with van der Waals surface area (Å²) in [4.78, 5) is 21.3. The van der Waals surface area contributed by atoms with Crippen LogP contribution in [-0.4, -0.2) is 39.0 Å². The van der Waals surface area contributed by atoms with Crippen molar-refractivity contribution in [3.05, 3.63) is 45.8 Å². The van der Waals surface area contributed by atoms with E-state index in [0.29, 0.717) is 19.1 Å². The Labute approximate surface area is 151 Å². The molecular formula is C19H23N5O2. The zero-order valence-corrected chi connectivity index (χ0v) is 14.7. The number of anilines is 1. The monoisotopic (exact) mass is 353 g/mol. The summed E-state index contributed by atoms with van der Waals surface area (Å²) in [6.45, 7) is 1.03. The third-order valence-corrected chi connectivity index (χ3v) is 5.61. The number of nitrogens with one attached hydrogen (secondary N) is 1. The molecule has 2 unspecified atom stereocenters. The second-order valence-electron chi connectivity index (χ2n) is 7.56. The number of fused-ring (bicyclic) bond motifs is 1. The zero-order valence-electron chi connectivity index (χ0n) is 14.7. The van der Waals surface area contributed by atoms with Crippen LogP contribution in [-0.2, 0) is 17.6 Å². The van der Waals surface area contributed by atoms with Gasteiger partial charge in [-0.05, 0) is 44.1 Å². The Balaban J connectivity index is 1.40. The van der Waals surface area contributed by atoms with Gasteiger partial charge >= 0.3 is 0 Å². The van der Waals surface area contributed by atoms with E-state index >= 15 is 0 Å². The van der Waals surface area contributed by atoms with Crippen molar-refractivity contribution in [1.29, 1.82) is 0 Å². The van der Waals surface area contributed by atoms with E-state index < -0.39 is 0 Å². The minimum absolute atomic E-state index is 0.0243. The predicted molar refractivity (Wildman–Crippen MR) is 96.4 cm³/mol. The highest BCUT2D eigenvalue weighted by molar-refractivity contribution is 5.38. The normalized spacial score (nSPS) is 25.1. The third-order valence-electron chi connectivity index (χ3n) is 5.61. The molecule has 2 aromatic rings. The number of hydrogen-bond donors (Lipinski definition) is 1. The molecule has 2 atom stereocenters. The molecule has 3 aliphatic rings. The lowest BCUT2D eigenvalue weighted by atomic mass is 9.97. The maximum Gasteiger partial charge on any atom is 0.267 e. The van der Waals surface area contributed by atoms with Crippen molar-refractivity contribution in [3.8, 4) is 0 Å². The van der Waals surface area contributed by atoms with Gasteiger partial charge < -0.3 is 10.1 Å². The van der Waals surface area contributed by atoms with Gasteiger partial charge in [0.25, 0.3) is 5.56 Å². The van der Waals surface area contributed by atoms with Gasteiger partial charge in [-0.3, -0.25) is 4.79 Å². The van der Waals surface area contributed by atoms with E-state index in [1.807, 2.05) is 6.07 Å². The molecule has 0 bridgehead atoms. The smallest absolute Gasteiger partial charge is 0.267 e. The Morgan fingerprint density at radius 2 is 2.00 bits per heavy atom. The van der Waals surface area contributed by atoms with Crippen LogP contribution in [0.2, 0.25) is 0 Å². The summed E-state index contributed by atoms with van der Waals surface area (Å²) in [5, 5.41) is 8.14. The lowest BCUT2D eigenvalue weighted by molar-refractivity contribution is 0.182. The zero-order chi connectivity index (χ0) is 17.5. The first kappa shape index (κ1) is 15.9. The largest absolute Gasteiger partial charge is 0.377 e. The van der Waals surface area contributed by atoms with E-state index in [1.165, 1.54) is 12.8 Å². The lowest BCUT2D eigenvalue weighted by Gasteiger charge is -2.23. The summed E-state index contributed by atoms with van der Waals surface area (Å²) < 4.78 is 7.30. The topological polar surface area (TPSA) is 81.9 Å². The third kappa shape index (κ3) is 3.00. The summed E-state index contributed by atoms with van der Waals surface area (Å²) in [6, 6.07) is 3.65. The number of aromatic nitrogens is 4. The molecule has 2 aromatic heterocycles. The van der Waals surface area contributed by atoms with Crippen LogP contribution in [0.15, 0.2) is 23.3 Å². The van der Waals surface area contributed by atoms with Gasteiger partial charge in [0.2, 0.25) is 0 Å². The highest BCUT2D eigenvalue weighted by Crippen LogP contribution is 2.39. The molecule has 0 radical (unpaired) electrons. The average molecular weight is 353 g/mol. The van der Waals surface area contributed by atoms with Crippen LogP contribution in [0.4, 0.5) is 5.82 Å². The number of ether oxygens (including phenoxy) is 1. The molecule has 0 spiro atoms. The van der Waals surface area contributed by atoms with Gasteiger partial charge in [0.05, 0.1) is 24.9 Å². The second-order valence-corrected chi connectivity index (χ2v) is 7.56. The summed E-state index contributed by atoms with van der Waals surface area (Å²) in [6.07, 6.45) is 8.24. The van der Waals surface area contributed by atoms with Crippen molar-refractivity contribution in [1.82, 2.24) is 19.7 Å². The van der Waals surface area contributed by atoms with Crippen LogP contribution in [0.5, 0.6) is 0 Å². The number of nitrogens with zero attached hydrogens (tertiary/aromatic N) is 4. The standard InChI is InChI=1S/C19H23N5O2/c25-19-7-13-3-1-2-4-14(13)23-24(19)17-10-26-9-16(17)22-18-8-15(12-5-6-12)20-11-21-18/h7-8,11-12,16-17H,1-6,9-10H2,(H,20,21,22). The first-order chi connectivity index (χ1) is 12.8. The van der Waals surface area contributed by atoms with Crippen molar-refractivity contribution >= 4 is 5.82 Å². The van der Waals surface area contributed by atoms with Crippen LogP contribution in [0.1, 0.15) is 54.6 Å². The van der Waals surface area contributed by atoms with E-state index in [-0.39, 0.29) is 17.6 Å². The molecule has 26 heavy (non-hydrogen) atoms. The Kier molecular flexibility index (Phi) is 3.96. The Morgan fingerprint density at radius 1 is 1.12 bits per heavy atom. The second kappa shape index (κ2) is 6.46. The van der Waals surface area contributed by atoms with E-state index in [9.17, 15) is 4.79 Å². The number of aryl methyl sites for hydroxylation is 2. The summed E-state index contributed by atoms with van der Waals surface area (Å²) >= 11 is 0. The molecule has 1 N–H and O–H groups in total. The van der Waals surface area contributed by atoms with Gasteiger partial charge in [-0.25, -0.2) is 14.6 Å². The fraction of sp³-hybridized carbons (Fsp3) is 0.579. The Morgan fingerprint density at radius 3 is 2.88 bits per heavy atom. The van der Waals surface area contributed by atoms with Crippen LogP contribution in [0, 0.1) is 0 Å². The molecule has 5 rings (SSSR count). The van der Waals surface area contributed by atoms with Gasteiger partial charge in [0, 0.05) is 23.7 Å². The highest BCUT2D eigenvalue weighted by Gasteiger charge is 2.33. The minimum Gasteiger partial charge on any atom is -0.377 e. The van der Waals surface area contributed by atoms with Gasteiger partial charge in [-0.2, -0.15) is 5.10 Å². The SMILES string of the molecule is O=c1cc2c(nn1C1COCC1Nc1cc(C3CC3)ncn1)CCCC2. The minimum atomic E-state index is -0.117. The van der Waals surface area contributed by atoms with Crippen LogP contribution >= 0.6 is 0 Å².